The minimum Gasteiger partial charge on any atom is -0.497 e. The maximum Gasteiger partial charge on any atom is 0.325 e. The number of hydrogen-bond donors (Lipinski definition) is 0. The molecule has 2 aromatic rings. The summed E-state index contributed by atoms with van der Waals surface area (Å²) in [4.78, 5) is 20.3. The average Bonchev–Trinajstić information content (AvgIpc) is 3.23. The highest BCUT2D eigenvalue weighted by Crippen LogP contribution is 2.47. The number of fused-ring (bicyclic) bond motifs is 3. The molecule has 0 aliphatic carbocycles. The lowest BCUT2D eigenvalue weighted by Crippen LogP contribution is -2.53. The quantitative estimate of drug-likeness (QED) is 0.527. The Kier molecular flexibility index (Phi) is 6.18. The van der Waals surface area contributed by atoms with Crippen LogP contribution in [0, 0.1) is 0 Å². The van der Waals surface area contributed by atoms with Crippen molar-refractivity contribution in [2.45, 2.75) is 44.8 Å². The number of carbonyl (C=O) groups is 1. The van der Waals surface area contributed by atoms with E-state index in [1.807, 2.05) is 17.0 Å². The van der Waals surface area contributed by atoms with Crippen molar-refractivity contribution < 1.29 is 14.3 Å². The van der Waals surface area contributed by atoms with Gasteiger partial charge in [0, 0.05) is 53.4 Å². The van der Waals surface area contributed by atoms with Crippen LogP contribution in [0.5, 0.6) is 11.5 Å². The number of benzene rings is 1. The Labute approximate surface area is 207 Å². The Morgan fingerprint density at radius 1 is 1.15 bits per heavy atom. The number of hydrogen-bond acceptors (Lipinski definition) is 5. The van der Waals surface area contributed by atoms with Gasteiger partial charge in [0.1, 0.15) is 11.5 Å². The van der Waals surface area contributed by atoms with E-state index in [2.05, 4.69) is 49.5 Å². The molecule has 5 rings (SSSR count). The third-order valence-corrected chi connectivity index (χ3v) is 9.22. The molecule has 0 N–H and O–H groups in total. The number of nitrogens with zero attached hydrogens (tertiary/aromatic N) is 3. The Hall–Kier alpha value is -2.03. The van der Waals surface area contributed by atoms with Gasteiger partial charge in [0.15, 0.2) is 0 Å². The van der Waals surface area contributed by atoms with Crippen LogP contribution in [0.4, 0.5) is 4.79 Å². The van der Waals surface area contributed by atoms with Gasteiger partial charge >= 0.3 is 6.03 Å². The number of likely N-dealkylation sites (tertiary alicyclic amines) is 1. The van der Waals surface area contributed by atoms with Crippen LogP contribution in [-0.4, -0.2) is 60.1 Å². The maximum absolute atomic E-state index is 13.6. The van der Waals surface area contributed by atoms with Crippen molar-refractivity contribution in [2.24, 2.45) is 0 Å². The number of thiophene rings is 1. The number of ether oxygens (including phenoxy) is 2. The summed E-state index contributed by atoms with van der Waals surface area (Å²) in [5.41, 5.74) is 4.53. The first kappa shape index (κ1) is 22.7. The third kappa shape index (κ3) is 3.76. The topological polar surface area (TPSA) is 45.3 Å². The molecule has 3 aliphatic rings. The molecule has 6 nitrogen and oxygen atoms in total. The monoisotopic (exact) mass is 531 g/mol. The van der Waals surface area contributed by atoms with Crippen molar-refractivity contribution >= 4 is 33.3 Å². The summed E-state index contributed by atoms with van der Waals surface area (Å²) in [7, 11) is 3.36. The molecule has 0 unspecified atom stereocenters. The summed E-state index contributed by atoms with van der Waals surface area (Å²) in [6.07, 6.45) is 4.94. The van der Waals surface area contributed by atoms with Crippen molar-refractivity contribution in [1.29, 1.82) is 0 Å². The summed E-state index contributed by atoms with van der Waals surface area (Å²) >= 11 is 5.40. The highest BCUT2D eigenvalue weighted by Gasteiger charge is 2.54. The molecule has 0 radical (unpaired) electrons. The van der Waals surface area contributed by atoms with E-state index in [1.165, 1.54) is 15.7 Å². The van der Waals surface area contributed by atoms with E-state index in [0.717, 1.165) is 68.1 Å². The largest absolute Gasteiger partial charge is 0.497 e. The Balaban J connectivity index is 1.44. The number of urea groups is 1. The Bertz CT molecular complexity index is 1090. The average molecular weight is 533 g/mol. The molecule has 0 saturated carbocycles. The fourth-order valence-corrected chi connectivity index (χ4v) is 7.12. The predicted octanol–water partition coefficient (Wildman–Crippen LogP) is 5.26. The number of amides is 2. The van der Waals surface area contributed by atoms with Crippen LogP contribution in [0.2, 0.25) is 0 Å². The highest BCUT2D eigenvalue weighted by atomic mass is 79.9. The molecule has 0 atom stereocenters. The molecule has 176 valence electrons. The van der Waals surface area contributed by atoms with Gasteiger partial charge in [0.2, 0.25) is 0 Å². The lowest BCUT2D eigenvalue weighted by Gasteiger charge is -2.44. The number of halogens is 1. The second-order valence-electron chi connectivity index (χ2n) is 8.93. The zero-order valence-electron chi connectivity index (χ0n) is 19.4. The summed E-state index contributed by atoms with van der Waals surface area (Å²) in [6, 6.07) is 4.10. The molecule has 2 amide bonds. The minimum absolute atomic E-state index is 0.118. The normalized spacial score (nSPS) is 19.9. The molecule has 2 fully saturated rings. The van der Waals surface area contributed by atoms with Gasteiger partial charge in [-0.2, -0.15) is 11.3 Å². The molecular weight excluding hydrogens is 502 g/mol. The summed E-state index contributed by atoms with van der Waals surface area (Å²) in [6.45, 7) is 6.27. The fraction of sp³-hybridized carbons (Fsp3) is 0.480. The number of likely N-dealkylation sites (N-methyl/N-ethyl adjacent to an activating group) is 1. The molecule has 0 bridgehead atoms. The number of allylic oxidation sites excluding steroid dienone is 1. The van der Waals surface area contributed by atoms with Gasteiger partial charge < -0.3 is 14.4 Å². The maximum atomic E-state index is 13.6. The van der Waals surface area contributed by atoms with Gasteiger partial charge in [-0.15, -0.1) is 0 Å². The highest BCUT2D eigenvalue weighted by molar-refractivity contribution is 9.10. The molecule has 8 heteroatoms. The second kappa shape index (κ2) is 8.96. The van der Waals surface area contributed by atoms with Gasteiger partial charge in [-0.25, -0.2) is 4.79 Å². The predicted molar refractivity (Wildman–Crippen MR) is 134 cm³/mol. The standard InChI is InChI=1S/C25H30BrN3O3S/c1-4-29-24(30)28-14-17-11-19(31-2)12-22(32-3)20(17)5-6-23(28)25(29)7-9-27(10-8-25)13-18-15-33-16-21(18)26/h6,11-12,15-16H,4-5,7-10,13-14H2,1-3H3. The molecule has 1 aromatic heterocycles. The van der Waals surface area contributed by atoms with Gasteiger partial charge in [-0.3, -0.25) is 9.80 Å². The molecule has 33 heavy (non-hydrogen) atoms. The van der Waals surface area contributed by atoms with Crippen LogP contribution in [0.3, 0.4) is 0 Å². The summed E-state index contributed by atoms with van der Waals surface area (Å²) in [5, 5.41) is 4.37. The first-order chi connectivity index (χ1) is 16.0. The van der Waals surface area contributed by atoms with Crippen LogP contribution in [0.25, 0.3) is 0 Å². The molecular formula is C25H30BrN3O3S. The number of carbonyl (C=O) groups excluding carboxylic acids is 1. The molecule has 2 saturated heterocycles. The van der Waals surface area contributed by atoms with E-state index in [4.69, 9.17) is 9.47 Å². The number of rotatable bonds is 5. The number of methoxy groups -OCH3 is 2. The van der Waals surface area contributed by atoms with Gasteiger partial charge in [-0.1, -0.05) is 6.08 Å². The first-order valence-electron chi connectivity index (χ1n) is 11.5. The SMILES string of the molecule is CCN1C(=O)N2Cc3cc(OC)cc(OC)c3CC=C2C12CCN(Cc1cscc1Br)CC2. The van der Waals surface area contributed by atoms with Crippen LogP contribution in [-0.2, 0) is 19.5 Å². The van der Waals surface area contributed by atoms with Crippen molar-refractivity contribution in [3.63, 3.8) is 0 Å². The lowest BCUT2D eigenvalue weighted by atomic mass is 9.83. The third-order valence-electron chi connectivity index (χ3n) is 7.39. The van der Waals surface area contributed by atoms with E-state index in [-0.39, 0.29) is 11.6 Å². The molecule has 4 heterocycles. The van der Waals surface area contributed by atoms with E-state index < -0.39 is 0 Å². The molecule has 1 spiro atoms. The molecule has 3 aliphatic heterocycles. The second-order valence-corrected chi connectivity index (χ2v) is 10.5. The Morgan fingerprint density at radius 2 is 1.94 bits per heavy atom. The first-order valence-corrected chi connectivity index (χ1v) is 13.2. The van der Waals surface area contributed by atoms with Crippen molar-refractivity contribution in [3.8, 4) is 11.5 Å². The van der Waals surface area contributed by atoms with E-state index in [9.17, 15) is 4.79 Å². The summed E-state index contributed by atoms with van der Waals surface area (Å²) in [5.74, 6) is 1.59. The molecule has 1 aromatic carbocycles. The summed E-state index contributed by atoms with van der Waals surface area (Å²) < 4.78 is 12.4. The van der Waals surface area contributed by atoms with Crippen LogP contribution in [0.1, 0.15) is 36.5 Å². The van der Waals surface area contributed by atoms with Crippen LogP contribution in [0.15, 0.2) is 39.1 Å². The van der Waals surface area contributed by atoms with Crippen molar-refractivity contribution in [1.82, 2.24) is 14.7 Å². The minimum atomic E-state index is -0.229. The fourth-order valence-electron chi connectivity index (χ4n) is 5.70. The van der Waals surface area contributed by atoms with E-state index in [0.29, 0.717) is 6.54 Å². The van der Waals surface area contributed by atoms with Gasteiger partial charge in [0.05, 0.1) is 26.3 Å². The van der Waals surface area contributed by atoms with Crippen LogP contribution < -0.4 is 9.47 Å². The van der Waals surface area contributed by atoms with Gasteiger partial charge in [-0.05, 0) is 64.7 Å². The zero-order valence-corrected chi connectivity index (χ0v) is 21.8. The van der Waals surface area contributed by atoms with Crippen molar-refractivity contribution in [2.75, 3.05) is 33.9 Å². The van der Waals surface area contributed by atoms with Crippen LogP contribution >= 0.6 is 27.3 Å². The van der Waals surface area contributed by atoms with Gasteiger partial charge in [0.25, 0.3) is 0 Å². The van der Waals surface area contributed by atoms with E-state index >= 15 is 0 Å². The number of piperidine rings is 1. The zero-order chi connectivity index (χ0) is 23.2. The smallest absolute Gasteiger partial charge is 0.325 e. The van der Waals surface area contributed by atoms with Crippen molar-refractivity contribution in [3.05, 3.63) is 55.8 Å². The van der Waals surface area contributed by atoms with E-state index in [1.54, 1.807) is 25.6 Å². The lowest BCUT2D eigenvalue weighted by molar-refractivity contribution is 0.0888. The Morgan fingerprint density at radius 3 is 2.58 bits per heavy atom.